The summed E-state index contributed by atoms with van der Waals surface area (Å²) in [6.07, 6.45) is -8.97. The van der Waals surface area contributed by atoms with Crippen LogP contribution in [0.25, 0.3) is 0 Å². The van der Waals surface area contributed by atoms with Crippen molar-refractivity contribution in [2.45, 2.75) is 154 Å². The number of ether oxygens (including phenoxy) is 9. The van der Waals surface area contributed by atoms with Gasteiger partial charge < -0.3 is 52.6 Å². The number of rotatable bonds is 10. The second-order valence-corrected chi connectivity index (χ2v) is 17.4. The second-order valence-electron chi connectivity index (χ2n) is 17.4. The highest BCUT2D eigenvalue weighted by Gasteiger charge is 2.61. The smallest absolute Gasteiger partial charge is 0.457 e. The van der Waals surface area contributed by atoms with E-state index in [1.54, 1.807) is 27.8 Å². The molecule has 6 unspecified atom stereocenters. The van der Waals surface area contributed by atoms with E-state index in [2.05, 4.69) is 0 Å². The number of fused-ring (bicyclic) bond motifs is 2. The normalized spacial score (nSPS) is 38.1. The predicted octanol–water partition coefficient (Wildman–Crippen LogP) is 6.95. The Labute approximate surface area is 352 Å². The fourth-order valence-corrected chi connectivity index (χ4v) is 9.62. The fraction of sp³-hybridized carbons (Fsp3) is 0.644. The number of hydrogen-bond acceptors (Lipinski definition) is 14. The maximum Gasteiger partial charge on any atom is 0.509 e. The van der Waals surface area contributed by atoms with Crippen molar-refractivity contribution in [1.82, 2.24) is 4.90 Å². The minimum atomic E-state index is -1.34. The maximum absolute atomic E-state index is 14.0. The highest BCUT2D eigenvalue weighted by Crippen LogP contribution is 2.49. The maximum atomic E-state index is 14.0. The fourth-order valence-electron chi connectivity index (χ4n) is 9.62. The molecule has 0 saturated carbocycles. The summed E-state index contributed by atoms with van der Waals surface area (Å²) in [5.74, 6) is -3.20. The van der Waals surface area contributed by atoms with Gasteiger partial charge in [0.25, 0.3) is 0 Å². The van der Waals surface area contributed by atoms with Crippen LogP contribution in [0.15, 0.2) is 60.7 Å². The van der Waals surface area contributed by atoms with Gasteiger partial charge in [-0.15, -0.1) is 0 Å². The molecular formula is C45H61NO14. The number of hydrogen-bond donors (Lipinski definition) is 1. The molecule has 0 aromatic heterocycles. The number of likely N-dealkylation sites (N-methyl/N-ethyl adjacent to an activating group) is 1. The molecule has 2 aromatic carbocycles. The number of carbonyl (C=O) groups excluding carboxylic acids is 4. The van der Waals surface area contributed by atoms with Crippen LogP contribution >= 0.6 is 0 Å². The Kier molecular flexibility index (Phi) is 14.0. The SMILES string of the molecule is CC[C@H]1OC(=O)O[C@@]1(C)[C@@H]1OC(=O)[C@H](C)[C@@H](O)[C@H](C)[C@@H](O[C@@H]2OC(C)CC(N(C)C(=O)OCc3ccccc3)C2OC(=O)OCc2ccccc2)C2(C)CC(C)C(O2)[C@@H]1C. The quantitative estimate of drug-likeness (QED) is 0.192. The number of carbonyl (C=O) groups is 4. The zero-order valence-electron chi connectivity index (χ0n) is 36.0. The Bertz CT molecular complexity index is 1800. The number of esters is 1. The van der Waals surface area contributed by atoms with E-state index in [1.165, 1.54) is 4.90 Å². The third-order valence-electron chi connectivity index (χ3n) is 12.8. The predicted molar refractivity (Wildman–Crippen MR) is 214 cm³/mol. The molecular weight excluding hydrogens is 778 g/mol. The van der Waals surface area contributed by atoms with E-state index in [-0.39, 0.29) is 25.6 Å². The molecule has 0 spiro atoms. The van der Waals surface area contributed by atoms with E-state index in [4.69, 9.17) is 42.6 Å². The van der Waals surface area contributed by atoms with Crippen molar-refractivity contribution in [3.05, 3.63) is 71.8 Å². The zero-order chi connectivity index (χ0) is 43.5. The molecule has 0 aliphatic carbocycles. The minimum Gasteiger partial charge on any atom is -0.457 e. The number of aliphatic hydroxyl groups is 1. The first-order chi connectivity index (χ1) is 28.4. The Morgan fingerprint density at radius 2 is 1.50 bits per heavy atom. The highest BCUT2D eigenvalue weighted by molar-refractivity contribution is 5.73. The summed E-state index contributed by atoms with van der Waals surface area (Å²) in [5, 5.41) is 12.0. The van der Waals surface area contributed by atoms with E-state index >= 15 is 0 Å². The number of benzene rings is 2. The van der Waals surface area contributed by atoms with Gasteiger partial charge in [-0.25, -0.2) is 14.4 Å². The molecule has 60 heavy (non-hydrogen) atoms. The Morgan fingerprint density at radius 3 is 2.12 bits per heavy atom. The van der Waals surface area contributed by atoms with Crippen molar-refractivity contribution in [3.8, 4) is 0 Å². The van der Waals surface area contributed by atoms with Crippen molar-refractivity contribution >= 4 is 24.4 Å². The van der Waals surface area contributed by atoms with E-state index in [9.17, 15) is 24.3 Å². The highest BCUT2D eigenvalue weighted by atomic mass is 16.8. The molecule has 330 valence electrons. The number of aliphatic hydroxyl groups excluding tert-OH is 1. The van der Waals surface area contributed by atoms with Gasteiger partial charge in [-0.2, -0.15) is 0 Å². The molecule has 15 atom stereocenters. The molecule has 4 heterocycles. The average molecular weight is 840 g/mol. The lowest BCUT2D eigenvalue weighted by atomic mass is 9.76. The largest absolute Gasteiger partial charge is 0.509 e. The lowest BCUT2D eigenvalue weighted by Gasteiger charge is -2.47. The van der Waals surface area contributed by atoms with Crippen LogP contribution in [0.3, 0.4) is 0 Å². The number of cyclic esters (lactones) is 3. The van der Waals surface area contributed by atoms with Gasteiger partial charge in [0.2, 0.25) is 0 Å². The molecule has 4 saturated heterocycles. The Morgan fingerprint density at radius 1 is 0.883 bits per heavy atom. The molecule has 1 amide bonds. The second kappa shape index (κ2) is 18.7. The summed E-state index contributed by atoms with van der Waals surface area (Å²) in [7, 11) is 1.56. The summed E-state index contributed by atoms with van der Waals surface area (Å²) in [6.45, 7) is 14.5. The van der Waals surface area contributed by atoms with Gasteiger partial charge in [0.05, 0.1) is 42.0 Å². The summed E-state index contributed by atoms with van der Waals surface area (Å²) in [6, 6.07) is 17.6. The monoisotopic (exact) mass is 839 g/mol. The van der Waals surface area contributed by atoms with Gasteiger partial charge in [0.15, 0.2) is 18.0 Å². The van der Waals surface area contributed by atoms with Crippen LogP contribution in [0.5, 0.6) is 0 Å². The van der Waals surface area contributed by atoms with E-state index in [1.807, 2.05) is 95.3 Å². The average Bonchev–Trinajstić information content (AvgIpc) is 3.72. The van der Waals surface area contributed by atoms with E-state index in [0.29, 0.717) is 12.8 Å². The first kappa shape index (κ1) is 45.1. The van der Waals surface area contributed by atoms with Crippen LogP contribution in [0.4, 0.5) is 14.4 Å². The van der Waals surface area contributed by atoms with Gasteiger partial charge >= 0.3 is 24.4 Å². The topological polar surface area (TPSA) is 175 Å². The molecule has 0 radical (unpaired) electrons. The van der Waals surface area contributed by atoms with Crippen LogP contribution in [0, 0.1) is 23.7 Å². The van der Waals surface area contributed by atoms with E-state index < -0.39 is 108 Å². The number of nitrogens with zero attached hydrogens (tertiary/aromatic N) is 1. The lowest BCUT2D eigenvalue weighted by molar-refractivity contribution is -0.301. The number of amides is 1. The molecule has 6 rings (SSSR count). The Balaban J connectivity index is 1.32. The first-order valence-electron chi connectivity index (χ1n) is 21.0. The summed E-state index contributed by atoms with van der Waals surface area (Å²) < 4.78 is 55.2. The molecule has 15 nitrogen and oxygen atoms in total. The van der Waals surface area contributed by atoms with Gasteiger partial charge in [-0.1, -0.05) is 88.4 Å². The summed E-state index contributed by atoms with van der Waals surface area (Å²) in [5.41, 5.74) is -0.905. The molecule has 1 N–H and O–H groups in total. The summed E-state index contributed by atoms with van der Waals surface area (Å²) in [4.78, 5) is 55.1. The molecule has 2 bridgehead atoms. The van der Waals surface area contributed by atoms with Gasteiger partial charge in [-0.3, -0.25) is 4.79 Å². The van der Waals surface area contributed by atoms with Crippen LogP contribution in [-0.4, -0.2) is 108 Å². The summed E-state index contributed by atoms with van der Waals surface area (Å²) >= 11 is 0. The third-order valence-corrected chi connectivity index (χ3v) is 12.8. The standard InChI is InChI=1S/C45H61NO14/c1-10-33-45(8,60-43(51)55-33)38-29(6)35-25(2)22-44(7,59-35)37(27(4)34(47)28(5)39(48)57-38)58-40-36(56-42(50)53-24-31-19-15-12-16-20-31)32(21-26(3)54-40)46(9)41(49)52-23-30-17-13-11-14-18-30/h11-20,25-29,32-38,40,47H,10,21-24H2,1-9H3/t25?,26?,27-,28+,29-,32?,33+,34-,35?,36?,37+,38+,40-,44?,45+/m0/s1. The zero-order valence-corrected chi connectivity index (χ0v) is 36.0. The molecule has 4 fully saturated rings. The Hall–Kier alpha value is -4.44. The van der Waals surface area contributed by atoms with Crippen molar-refractivity contribution < 1.29 is 66.9 Å². The lowest BCUT2D eigenvalue weighted by Crippen LogP contribution is -2.61. The van der Waals surface area contributed by atoms with Gasteiger partial charge in [-0.05, 0) is 64.0 Å². The van der Waals surface area contributed by atoms with Crippen molar-refractivity contribution in [3.63, 3.8) is 0 Å². The van der Waals surface area contributed by atoms with Crippen molar-refractivity contribution in [1.29, 1.82) is 0 Å². The third kappa shape index (κ3) is 9.54. The molecule has 2 aromatic rings. The molecule has 4 aliphatic rings. The van der Waals surface area contributed by atoms with Crippen LogP contribution in [-0.2, 0) is 60.6 Å². The van der Waals surface area contributed by atoms with E-state index in [0.717, 1.165) is 11.1 Å². The minimum absolute atomic E-state index is 0.0213. The van der Waals surface area contributed by atoms with Crippen molar-refractivity contribution in [2.24, 2.45) is 23.7 Å². The van der Waals surface area contributed by atoms with Gasteiger partial charge in [0, 0.05) is 18.9 Å². The first-order valence-corrected chi connectivity index (χ1v) is 21.0. The van der Waals surface area contributed by atoms with Crippen LogP contribution in [0.1, 0.15) is 85.8 Å². The van der Waals surface area contributed by atoms with Crippen LogP contribution < -0.4 is 0 Å². The van der Waals surface area contributed by atoms with Crippen LogP contribution in [0.2, 0.25) is 0 Å². The molecule has 4 aliphatic heterocycles. The molecule has 15 heteroatoms. The van der Waals surface area contributed by atoms with Crippen molar-refractivity contribution in [2.75, 3.05) is 7.05 Å². The van der Waals surface area contributed by atoms with Gasteiger partial charge in [0.1, 0.15) is 25.4 Å².